The van der Waals surface area contributed by atoms with E-state index in [1.165, 1.54) is 18.5 Å². The average molecular weight is 542 g/mol. The maximum Gasteiger partial charge on any atom is 0.193 e. The minimum atomic E-state index is 0. The number of aromatic amines is 1. The molecule has 1 aromatic carbocycles. The van der Waals surface area contributed by atoms with Gasteiger partial charge in [0.25, 0.3) is 0 Å². The molecule has 0 aliphatic carbocycles. The number of aromatic nitrogens is 1. The molecular weight excluding hydrogens is 507 g/mol. The fraction of sp³-hybridized carbons (Fsp3) is 0.609. The second-order valence-corrected chi connectivity index (χ2v) is 8.40. The monoisotopic (exact) mass is 542 g/mol. The van der Waals surface area contributed by atoms with Crippen LogP contribution in [0.1, 0.15) is 31.9 Å². The number of guanidine groups is 1. The van der Waals surface area contributed by atoms with Crippen molar-refractivity contribution in [2.24, 2.45) is 10.4 Å². The van der Waals surface area contributed by atoms with E-state index in [0.717, 1.165) is 80.6 Å². The number of likely N-dealkylation sites (tertiary alicyclic amines) is 1. The van der Waals surface area contributed by atoms with Crippen molar-refractivity contribution in [3.8, 4) is 11.5 Å². The number of methoxy groups -OCH3 is 2. The van der Waals surface area contributed by atoms with E-state index in [2.05, 4.69) is 28.2 Å². The van der Waals surface area contributed by atoms with E-state index in [1.54, 1.807) is 14.2 Å². The Hall–Kier alpha value is -1.68. The third-order valence-electron chi connectivity index (χ3n) is 6.31. The summed E-state index contributed by atoms with van der Waals surface area (Å²) >= 11 is 0. The molecule has 172 valence electrons. The van der Waals surface area contributed by atoms with E-state index >= 15 is 0 Å². The molecule has 3 heterocycles. The van der Waals surface area contributed by atoms with Crippen LogP contribution < -0.4 is 14.8 Å². The van der Waals surface area contributed by atoms with Crippen molar-refractivity contribution in [3.63, 3.8) is 0 Å². The summed E-state index contributed by atoms with van der Waals surface area (Å²) in [6.07, 6.45) is 4.32. The Morgan fingerprint density at radius 3 is 2.84 bits per heavy atom. The zero-order valence-corrected chi connectivity index (χ0v) is 21.2. The van der Waals surface area contributed by atoms with E-state index in [0.29, 0.717) is 5.41 Å². The van der Waals surface area contributed by atoms with Crippen molar-refractivity contribution in [1.82, 2.24) is 15.2 Å². The Morgan fingerprint density at radius 2 is 2.13 bits per heavy atom. The second kappa shape index (κ2) is 10.8. The van der Waals surface area contributed by atoms with Crippen molar-refractivity contribution in [3.05, 3.63) is 23.9 Å². The molecule has 2 fully saturated rings. The van der Waals surface area contributed by atoms with Gasteiger partial charge >= 0.3 is 0 Å². The van der Waals surface area contributed by atoms with Crippen molar-refractivity contribution >= 4 is 40.8 Å². The summed E-state index contributed by atoms with van der Waals surface area (Å²) in [6, 6.07) is 6.11. The highest BCUT2D eigenvalue weighted by atomic mass is 127. The van der Waals surface area contributed by atoms with Gasteiger partial charge in [-0.3, -0.25) is 4.99 Å². The van der Waals surface area contributed by atoms with Gasteiger partial charge in [0.15, 0.2) is 5.96 Å². The molecule has 1 aromatic heterocycles. The van der Waals surface area contributed by atoms with E-state index < -0.39 is 0 Å². The third kappa shape index (κ3) is 5.39. The van der Waals surface area contributed by atoms with Crippen molar-refractivity contribution in [2.75, 3.05) is 53.6 Å². The van der Waals surface area contributed by atoms with Gasteiger partial charge in [-0.1, -0.05) is 0 Å². The number of benzene rings is 1. The molecule has 1 spiro atoms. The number of fused-ring (bicyclic) bond motifs is 1. The summed E-state index contributed by atoms with van der Waals surface area (Å²) in [5.41, 5.74) is 2.58. The number of aryl methyl sites for hydroxylation is 1. The second-order valence-electron chi connectivity index (χ2n) is 8.40. The molecule has 0 amide bonds. The van der Waals surface area contributed by atoms with Gasteiger partial charge in [-0.15, -0.1) is 24.0 Å². The van der Waals surface area contributed by atoms with Crippen molar-refractivity contribution in [2.45, 2.75) is 32.6 Å². The normalized spacial score (nSPS) is 21.0. The molecule has 1 atom stereocenters. The Labute approximate surface area is 201 Å². The molecule has 1 unspecified atom stereocenters. The van der Waals surface area contributed by atoms with Crippen LogP contribution in [0.3, 0.4) is 0 Å². The lowest BCUT2D eigenvalue weighted by atomic mass is 9.87. The fourth-order valence-electron chi connectivity index (χ4n) is 4.63. The summed E-state index contributed by atoms with van der Waals surface area (Å²) < 4.78 is 16.6. The zero-order chi connectivity index (χ0) is 21.0. The third-order valence-corrected chi connectivity index (χ3v) is 6.31. The SMILES string of the molecule is CCNC(=NCCCc1cc2c(OC)cc(OC)cc2[nH]1)N1CCC2(CCOC2)C1.I. The molecule has 0 radical (unpaired) electrons. The van der Waals surface area contributed by atoms with E-state index in [1.807, 2.05) is 12.1 Å². The van der Waals surface area contributed by atoms with Gasteiger partial charge in [-0.25, -0.2) is 0 Å². The topological polar surface area (TPSA) is 71.1 Å². The van der Waals surface area contributed by atoms with Crippen LogP contribution in [0.25, 0.3) is 10.9 Å². The molecular formula is C23H35IN4O3. The maximum atomic E-state index is 5.67. The van der Waals surface area contributed by atoms with Crippen LogP contribution in [0.15, 0.2) is 23.2 Å². The molecule has 8 heteroatoms. The maximum absolute atomic E-state index is 5.67. The standard InChI is InChI=1S/C23H34N4O3.HI/c1-4-24-22(27-10-7-23(15-27)8-11-30-16-23)25-9-5-6-17-12-19-20(26-17)13-18(28-2)14-21(19)29-3;/h12-14,26H,4-11,15-16H2,1-3H3,(H,24,25);1H. The number of halogens is 1. The van der Waals surface area contributed by atoms with Crippen molar-refractivity contribution in [1.29, 1.82) is 0 Å². The highest BCUT2D eigenvalue weighted by Gasteiger charge is 2.42. The Morgan fingerprint density at radius 1 is 1.26 bits per heavy atom. The summed E-state index contributed by atoms with van der Waals surface area (Å²) in [5.74, 6) is 2.67. The lowest BCUT2D eigenvalue weighted by molar-refractivity contribution is 0.156. The van der Waals surface area contributed by atoms with Gasteiger partial charge in [-0.2, -0.15) is 0 Å². The van der Waals surface area contributed by atoms with Crippen LogP contribution in [0.5, 0.6) is 11.5 Å². The van der Waals surface area contributed by atoms with Crippen molar-refractivity contribution < 1.29 is 14.2 Å². The summed E-state index contributed by atoms with van der Waals surface area (Å²) in [7, 11) is 3.37. The van der Waals surface area contributed by atoms with Gasteiger partial charge in [-0.05, 0) is 38.7 Å². The summed E-state index contributed by atoms with van der Waals surface area (Å²) in [4.78, 5) is 10.8. The number of hydrogen-bond donors (Lipinski definition) is 2. The molecule has 4 rings (SSSR count). The molecule has 7 nitrogen and oxygen atoms in total. The highest BCUT2D eigenvalue weighted by molar-refractivity contribution is 14.0. The van der Waals surface area contributed by atoms with Crippen LogP contribution in [-0.2, 0) is 11.2 Å². The number of rotatable bonds is 7. The van der Waals surface area contributed by atoms with Gasteiger partial charge in [0.1, 0.15) is 11.5 Å². The quantitative estimate of drug-likeness (QED) is 0.241. The molecule has 0 saturated carbocycles. The molecule has 0 bridgehead atoms. The zero-order valence-electron chi connectivity index (χ0n) is 18.8. The minimum absolute atomic E-state index is 0. The Bertz CT molecular complexity index is 892. The van der Waals surface area contributed by atoms with E-state index in [4.69, 9.17) is 19.2 Å². The van der Waals surface area contributed by atoms with Gasteiger partial charge in [0, 0.05) is 61.4 Å². The van der Waals surface area contributed by atoms with Crippen LogP contribution in [0.2, 0.25) is 0 Å². The predicted octanol–water partition coefficient (Wildman–Crippen LogP) is 3.81. The van der Waals surface area contributed by atoms with Crippen LogP contribution in [0.4, 0.5) is 0 Å². The number of ether oxygens (including phenoxy) is 3. The average Bonchev–Trinajstić information content (AvgIpc) is 3.50. The van der Waals surface area contributed by atoms with Crippen LogP contribution in [-0.4, -0.2) is 69.5 Å². The summed E-state index contributed by atoms with van der Waals surface area (Å²) in [5, 5.41) is 4.56. The van der Waals surface area contributed by atoms with E-state index in [9.17, 15) is 0 Å². The molecule has 31 heavy (non-hydrogen) atoms. The lowest BCUT2D eigenvalue weighted by Gasteiger charge is -2.25. The number of nitrogens with one attached hydrogen (secondary N) is 2. The number of aliphatic imine (C=N–C) groups is 1. The molecule has 2 aliphatic heterocycles. The fourth-order valence-corrected chi connectivity index (χ4v) is 4.63. The number of nitrogens with zero attached hydrogens (tertiary/aromatic N) is 2. The Balaban J connectivity index is 0.00000272. The van der Waals surface area contributed by atoms with Gasteiger partial charge < -0.3 is 29.4 Å². The van der Waals surface area contributed by atoms with Crippen LogP contribution >= 0.6 is 24.0 Å². The first kappa shape index (κ1) is 24.0. The van der Waals surface area contributed by atoms with Crippen LogP contribution in [0, 0.1) is 5.41 Å². The number of H-pyrrole nitrogens is 1. The number of hydrogen-bond acceptors (Lipinski definition) is 4. The molecule has 2 N–H and O–H groups in total. The molecule has 2 aromatic rings. The first-order valence-corrected chi connectivity index (χ1v) is 11.0. The van der Waals surface area contributed by atoms with E-state index in [-0.39, 0.29) is 24.0 Å². The largest absolute Gasteiger partial charge is 0.497 e. The van der Waals surface area contributed by atoms with Gasteiger partial charge in [0.2, 0.25) is 0 Å². The first-order valence-electron chi connectivity index (χ1n) is 11.0. The highest BCUT2D eigenvalue weighted by Crippen LogP contribution is 2.38. The molecule has 2 saturated heterocycles. The smallest absolute Gasteiger partial charge is 0.193 e. The first-order chi connectivity index (χ1) is 14.7. The minimum Gasteiger partial charge on any atom is -0.497 e. The predicted molar refractivity (Wildman–Crippen MR) is 135 cm³/mol. The molecule has 2 aliphatic rings. The lowest BCUT2D eigenvalue weighted by Crippen LogP contribution is -2.41. The van der Waals surface area contributed by atoms with Gasteiger partial charge in [0.05, 0.1) is 26.3 Å². The Kier molecular flexibility index (Phi) is 8.32. The summed E-state index contributed by atoms with van der Waals surface area (Å²) in [6.45, 7) is 7.76.